The van der Waals surface area contributed by atoms with Crippen molar-refractivity contribution in [3.8, 4) is 0 Å². The van der Waals surface area contributed by atoms with E-state index in [1.54, 1.807) is 11.1 Å². The molecule has 0 unspecified atom stereocenters. The summed E-state index contributed by atoms with van der Waals surface area (Å²) >= 11 is 0. The number of amides is 2. The maximum Gasteiger partial charge on any atom is 0.248 e. The monoisotopic (exact) mass is 322 g/mol. The first-order valence-electron chi connectivity index (χ1n) is 8.21. The van der Waals surface area contributed by atoms with Gasteiger partial charge in [-0.3, -0.25) is 14.3 Å². The molecule has 0 saturated carbocycles. The Balaban J connectivity index is 1.80. The second-order valence-electron chi connectivity index (χ2n) is 6.08. The van der Waals surface area contributed by atoms with E-state index in [-0.39, 0.29) is 30.4 Å². The Labute approximate surface area is 137 Å². The third-order valence-electron chi connectivity index (χ3n) is 4.05. The smallest absolute Gasteiger partial charge is 0.248 e. The van der Waals surface area contributed by atoms with Gasteiger partial charge in [0.15, 0.2) is 0 Å². The van der Waals surface area contributed by atoms with Gasteiger partial charge in [0.2, 0.25) is 11.8 Å². The van der Waals surface area contributed by atoms with Gasteiger partial charge in [-0.1, -0.05) is 0 Å². The van der Waals surface area contributed by atoms with Crippen LogP contribution in [-0.2, 0) is 14.3 Å². The van der Waals surface area contributed by atoms with Crippen molar-refractivity contribution < 1.29 is 14.3 Å². The molecule has 1 aliphatic rings. The lowest BCUT2D eigenvalue weighted by Crippen LogP contribution is -2.42. The Hall–Kier alpha value is -1.89. The minimum absolute atomic E-state index is 0.00363. The molecule has 0 aromatic carbocycles. The second kappa shape index (κ2) is 8.10. The number of anilines is 1. The van der Waals surface area contributed by atoms with Gasteiger partial charge in [-0.2, -0.15) is 5.10 Å². The van der Waals surface area contributed by atoms with E-state index >= 15 is 0 Å². The quantitative estimate of drug-likeness (QED) is 0.864. The first kappa shape index (κ1) is 17.5. The molecule has 1 saturated heterocycles. The molecule has 1 fully saturated rings. The maximum absolute atomic E-state index is 12.3. The highest BCUT2D eigenvalue weighted by Gasteiger charge is 2.27. The fourth-order valence-electron chi connectivity index (χ4n) is 2.60. The number of nitrogens with one attached hydrogen (secondary N) is 1. The molecule has 7 nitrogen and oxygen atoms in total. The van der Waals surface area contributed by atoms with Crippen LogP contribution >= 0.6 is 0 Å². The molecule has 2 heterocycles. The van der Waals surface area contributed by atoms with Crippen molar-refractivity contribution in [2.75, 3.05) is 31.6 Å². The summed E-state index contributed by atoms with van der Waals surface area (Å²) in [5.74, 6) is -0.0531. The first-order chi connectivity index (χ1) is 11.0. The summed E-state index contributed by atoms with van der Waals surface area (Å²) in [5.41, 5.74) is 0.721. The molecule has 0 radical (unpaired) electrons. The van der Waals surface area contributed by atoms with Gasteiger partial charge in [0.1, 0.15) is 6.61 Å². The Morgan fingerprint density at radius 3 is 2.65 bits per heavy atom. The Morgan fingerprint density at radius 2 is 2.09 bits per heavy atom. The summed E-state index contributed by atoms with van der Waals surface area (Å²) in [6, 6.07) is 0.264. The van der Waals surface area contributed by atoms with E-state index in [4.69, 9.17) is 4.74 Å². The summed E-state index contributed by atoms with van der Waals surface area (Å²) in [7, 11) is 0. The normalized spacial score (nSPS) is 15.9. The Morgan fingerprint density at radius 1 is 1.39 bits per heavy atom. The summed E-state index contributed by atoms with van der Waals surface area (Å²) in [6.07, 6.45) is 4.87. The summed E-state index contributed by atoms with van der Waals surface area (Å²) in [4.78, 5) is 26.0. The number of hydrogen-bond acceptors (Lipinski definition) is 4. The standard InChI is InChI=1S/C16H26N4O3/c1-4-23-11-15(21)19-7-5-13(6-8-19)16(22)18-14-9-17-20(10-14)12(2)3/h9-10,12-13H,4-8,11H2,1-3H3,(H,18,22). The van der Waals surface area contributed by atoms with Crippen molar-refractivity contribution in [2.24, 2.45) is 5.92 Å². The number of carbonyl (C=O) groups excluding carboxylic acids is 2. The lowest BCUT2D eigenvalue weighted by molar-refractivity contribution is -0.138. The van der Waals surface area contributed by atoms with Crippen molar-refractivity contribution in [3.63, 3.8) is 0 Å². The number of piperidine rings is 1. The molecule has 23 heavy (non-hydrogen) atoms. The maximum atomic E-state index is 12.3. The van der Waals surface area contributed by atoms with Gasteiger partial charge in [0.25, 0.3) is 0 Å². The van der Waals surface area contributed by atoms with Crippen molar-refractivity contribution in [1.29, 1.82) is 0 Å². The van der Waals surface area contributed by atoms with Gasteiger partial charge in [-0.05, 0) is 33.6 Å². The fourth-order valence-corrected chi connectivity index (χ4v) is 2.60. The molecule has 1 N–H and O–H groups in total. The van der Waals surface area contributed by atoms with Crippen LogP contribution in [0.3, 0.4) is 0 Å². The third kappa shape index (κ3) is 4.79. The van der Waals surface area contributed by atoms with Crippen LogP contribution in [0.15, 0.2) is 12.4 Å². The van der Waals surface area contributed by atoms with Crippen LogP contribution in [-0.4, -0.2) is 52.8 Å². The van der Waals surface area contributed by atoms with Crippen LogP contribution in [0.2, 0.25) is 0 Å². The zero-order valence-corrected chi connectivity index (χ0v) is 14.1. The van der Waals surface area contributed by atoms with Gasteiger partial charge in [-0.25, -0.2) is 0 Å². The number of aromatic nitrogens is 2. The highest BCUT2D eigenvalue weighted by Crippen LogP contribution is 2.20. The number of carbonyl (C=O) groups is 2. The number of hydrogen-bond donors (Lipinski definition) is 1. The molecular formula is C16H26N4O3. The minimum Gasteiger partial charge on any atom is -0.372 e. The predicted octanol–water partition coefficient (Wildman–Crippen LogP) is 1.68. The Kier molecular flexibility index (Phi) is 6.15. The SMILES string of the molecule is CCOCC(=O)N1CCC(C(=O)Nc2cnn(C(C)C)c2)CC1. The van der Waals surface area contributed by atoms with Crippen LogP contribution in [0, 0.1) is 5.92 Å². The van der Waals surface area contributed by atoms with Crippen molar-refractivity contribution in [2.45, 2.75) is 39.7 Å². The zero-order chi connectivity index (χ0) is 16.8. The molecule has 0 spiro atoms. The fraction of sp³-hybridized carbons (Fsp3) is 0.688. The summed E-state index contributed by atoms with van der Waals surface area (Å²) in [5, 5.41) is 7.13. The number of rotatable bonds is 6. The molecule has 2 amide bonds. The van der Waals surface area contributed by atoms with Crippen LogP contribution < -0.4 is 5.32 Å². The number of likely N-dealkylation sites (tertiary alicyclic amines) is 1. The van der Waals surface area contributed by atoms with E-state index in [9.17, 15) is 9.59 Å². The zero-order valence-electron chi connectivity index (χ0n) is 14.1. The summed E-state index contributed by atoms with van der Waals surface area (Å²) in [6.45, 7) is 7.81. The third-order valence-corrected chi connectivity index (χ3v) is 4.05. The molecule has 2 rings (SSSR count). The van der Waals surface area contributed by atoms with Crippen molar-refractivity contribution >= 4 is 17.5 Å². The predicted molar refractivity (Wildman–Crippen MR) is 87.0 cm³/mol. The van der Waals surface area contributed by atoms with E-state index in [0.29, 0.717) is 32.5 Å². The van der Waals surface area contributed by atoms with Gasteiger partial charge in [0, 0.05) is 37.9 Å². The number of nitrogens with zero attached hydrogens (tertiary/aromatic N) is 3. The van der Waals surface area contributed by atoms with Crippen LogP contribution in [0.1, 0.15) is 39.7 Å². The molecule has 0 atom stereocenters. The molecule has 1 aromatic heterocycles. The van der Waals surface area contributed by atoms with E-state index < -0.39 is 0 Å². The number of ether oxygens (including phenoxy) is 1. The van der Waals surface area contributed by atoms with Crippen LogP contribution in [0.25, 0.3) is 0 Å². The molecular weight excluding hydrogens is 296 g/mol. The highest BCUT2D eigenvalue weighted by atomic mass is 16.5. The van der Waals surface area contributed by atoms with Gasteiger partial charge >= 0.3 is 0 Å². The van der Waals surface area contributed by atoms with E-state index in [0.717, 1.165) is 5.69 Å². The van der Waals surface area contributed by atoms with Crippen LogP contribution in [0.5, 0.6) is 0 Å². The molecule has 7 heteroatoms. The first-order valence-corrected chi connectivity index (χ1v) is 8.21. The van der Waals surface area contributed by atoms with E-state index in [1.165, 1.54) is 0 Å². The van der Waals surface area contributed by atoms with E-state index in [2.05, 4.69) is 10.4 Å². The molecule has 1 aromatic rings. The highest BCUT2D eigenvalue weighted by molar-refractivity contribution is 5.92. The van der Waals surface area contributed by atoms with Gasteiger partial charge in [-0.15, -0.1) is 0 Å². The second-order valence-corrected chi connectivity index (χ2v) is 6.08. The average molecular weight is 322 g/mol. The Bertz CT molecular complexity index is 533. The lowest BCUT2D eigenvalue weighted by atomic mass is 9.96. The molecule has 0 aliphatic carbocycles. The van der Waals surface area contributed by atoms with Crippen molar-refractivity contribution in [1.82, 2.24) is 14.7 Å². The molecule has 128 valence electrons. The lowest BCUT2D eigenvalue weighted by Gasteiger charge is -2.31. The van der Waals surface area contributed by atoms with Crippen molar-refractivity contribution in [3.05, 3.63) is 12.4 Å². The molecule has 0 bridgehead atoms. The summed E-state index contributed by atoms with van der Waals surface area (Å²) < 4.78 is 6.95. The van der Waals surface area contributed by atoms with Crippen LogP contribution in [0.4, 0.5) is 5.69 Å². The largest absolute Gasteiger partial charge is 0.372 e. The van der Waals surface area contributed by atoms with Gasteiger partial charge < -0.3 is 15.0 Å². The van der Waals surface area contributed by atoms with Gasteiger partial charge in [0.05, 0.1) is 11.9 Å². The average Bonchev–Trinajstić information content (AvgIpc) is 3.01. The minimum atomic E-state index is -0.0615. The topological polar surface area (TPSA) is 76.5 Å². The van der Waals surface area contributed by atoms with E-state index in [1.807, 2.05) is 31.6 Å². The molecule has 1 aliphatic heterocycles.